The second-order valence-corrected chi connectivity index (χ2v) is 5.16. The maximum atomic E-state index is 6.10. The third-order valence-electron chi connectivity index (χ3n) is 2.76. The minimum atomic E-state index is 0.723. The van der Waals surface area contributed by atoms with Crippen molar-refractivity contribution in [3.05, 3.63) is 58.0 Å². The SMILES string of the molecule is Clc1cc(-c2cc3ccccc3[nH]2)ccc1Br. The van der Waals surface area contributed by atoms with Crippen LogP contribution >= 0.6 is 27.5 Å². The van der Waals surface area contributed by atoms with Crippen molar-refractivity contribution < 1.29 is 0 Å². The Morgan fingerprint density at radius 2 is 1.82 bits per heavy atom. The third kappa shape index (κ3) is 1.99. The topological polar surface area (TPSA) is 15.8 Å². The van der Waals surface area contributed by atoms with Crippen molar-refractivity contribution in [2.24, 2.45) is 0 Å². The number of aromatic nitrogens is 1. The van der Waals surface area contributed by atoms with E-state index in [-0.39, 0.29) is 0 Å². The van der Waals surface area contributed by atoms with E-state index in [9.17, 15) is 0 Å². The third-order valence-corrected chi connectivity index (χ3v) is 3.99. The molecule has 0 saturated carbocycles. The summed E-state index contributed by atoms with van der Waals surface area (Å²) in [6, 6.07) is 16.3. The summed E-state index contributed by atoms with van der Waals surface area (Å²) in [5.41, 5.74) is 3.32. The molecule has 0 radical (unpaired) electrons. The van der Waals surface area contributed by atoms with Crippen molar-refractivity contribution in [1.82, 2.24) is 4.98 Å². The van der Waals surface area contributed by atoms with Crippen LogP contribution in [0.2, 0.25) is 5.02 Å². The molecule has 0 aliphatic rings. The second-order valence-electron chi connectivity index (χ2n) is 3.90. The normalized spacial score (nSPS) is 10.9. The van der Waals surface area contributed by atoms with E-state index in [1.807, 2.05) is 30.3 Å². The highest BCUT2D eigenvalue weighted by Gasteiger charge is 2.04. The molecule has 1 heterocycles. The molecule has 0 unspecified atom stereocenters. The van der Waals surface area contributed by atoms with Crippen LogP contribution in [0.15, 0.2) is 53.0 Å². The molecule has 84 valence electrons. The summed E-state index contributed by atoms with van der Waals surface area (Å²) in [6.07, 6.45) is 0. The molecule has 1 nitrogen and oxygen atoms in total. The first-order valence-corrected chi connectivity index (χ1v) is 6.44. The molecule has 0 bridgehead atoms. The number of benzene rings is 2. The van der Waals surface area contributed by atoms with Gasteiger partial charge >= 0.3 is 0 Å². The summed E-state index contributed by atoms with van der Waals surface area (Å²) in [5, 5.41) is 1.93. The first-order chi connectivity index (χ1) is 8.24. The van der Waals surface area contributed by atoms with Gasteiger partial charge in [-0.15, -0.1) is 0 Å². The summed E-state index contributed by atoms with van der Waals surface area (Å²) < 4.78 is 0.916. The van der Waals surface area contributed by atoms with Crippen molar-refractivity contribution in [2.75, 3.05) is 0 Å². The number of fused-ring (bicyclic) bond motifs is 1. The largest absolute Gasteiger partial charge is 0.355 e. The summed E-state index contributed by atoms with van der Waals surface area (Å²) in [4.78, 5) is 3.38. The number of nitrogens with one attached hydrogen (secondary N) is 1. The maximum Gasteiger partial charge on any atom is 0.0554 e. The first-order valence-electron chi connectivity index (χ1n) is 5.27. The average molecular weight is 307 g/mol. The van der Waals surface area contributed by atoms with E-state index in [0.29, 0.717) is 0 Å². The Labute approximate surface area is 113 Å². The standard InChI is InChI=1S/C14H9BrClN/c15-11-6-5-10(7-12(11)16)14-8-9-3-1-2-4-13(9)17-14/h1-8,17H. The van der Waals surface area contributed by atoms with Gasteiger partial charge in [0.2, 0.25) is 0 Å². The quantitative estimate of drug-likeness (QED) is 0.632. The molecule has 3 aromatic rings. The Kier molecular flexibility index (Phi) is 2.69. The van der Waals surface area contributed by atoms with Crippen LogP contribution in [-0.2, 0) is 0 Å². The molecule has 2 aromatic carbocycles. The fraction of sp³-hybridized carbons (Fsp3) is 0. The van der Waals surface area contributed by atoms with Crippen LogP contribution in [0, 0.1) is 0 Å². The van der Waals surface area contributed by atoms with Crippen LogP contribution in [0.3, 0.4) is 0 Å². The van der Waals surface area contributed by atoms with Gasteiger partial charge in [0.15, 0.2) is 0 Å². The summed E-state index contributed by atoms with van der Waals surface area (Å²) >= 11 is 9.50. The summed E-state index contributed by atoms with van der Waals surface area (Å²) in [6.45, 7) is 0. The monoisotopic (exact) mass is 305 g/mol. The van der Waals surface area contributed by atoms with Crippen LogP contribution in [-0.4, -0.2) is 4.98 Å². The Morgan fingerprint density at radius 3 is 2.59 bits per heavy atom. The number of halogens is 2. The Balaban J connectivity index is 2.17. The van der Waals surface area contributed by atoms with Gasteiger partial charge in [-0.05, 0) is 45.8 Å². The second kappa shape index (κ2) is 4.21. The molecular formula is C14H9BrClN. The number of aromatic amines is 1. The Morgan fingerprint density at radius 1 is 1.00 bits per heavy atom. The number of para-hydroxylation sites is 1. The zero-order valence-corrected chi connectivity index (χ0v) is 11.2. The molecule has 3 heteroatoms. The lowest BCUT2D eigenvalue weighted by Crippen LogP contribution is -1.77. The van der Waals surface area contributed by atoms with Gasteiger partial charge in [0, 0.05) is 21.1 Å². The lowest BCUT2D eigenvalue weighted by atomic mass is 10.1. The fourth-order valence-electron chi connectivity index (χ4n) is 1.89. The molecule has 17 heavy (non-hydrogen) atoms. The molecule has 3 rings (SSSR count). The predicted molar refractivity (Wildman–Crippen MR) is 76.4 cm³/mol. The van der Waals surface area contributed by atoms with Crippen LogP contribution in [0.25, 0.3) is 22.2 Å². The van der Waals surface area contributed by atoms with E-state index in [4.69, 9.17) is 11.6 Å². The van der Waals surface area contributed by atoms with E-state index < -0.39 is 0 Å². The van der Waals surface area contributed by atoms with Crippen molar-refractivity contribution in [2.45, 2.75) is 0 Å². The van der Waals surface area contributed by atoms with Gasteiger partial charge in [-0.3, -0.25) is 0 Å². The summed E-state index contributed by atoms with van der Waals surface area (Å²) in [5.74, 6) is 0. The molecule has 0 atom stereocenters. The van der Waals surface area contributed by atoms with Gasteiger partial charge in [-0.25, -0.2) is 0 Å². The van der Waals surface area contributed by atoms with Gasteiger partial charge in [0.1, 0.15) is 0 Å². The van der Waals surface area contributed by atoms with Gasteiger partial charge < -0.3 is 4.98 Å². The number of H-pyrrole nitrogens is 1. The molecule has 1 N–H and O–H groups in total. The maximum absolute atomic E-state index is 6.10. The predicted octanol–water partition coefficient (Wildman–Crippen LogP) is 5.25. The van der Waals surface area contributed by atoms with Crippen molar-refractivity contribution in [3.8, 4) is 11.3 Å². The number of rotatable bonds is 1. The van der Waals surface area contributed by atoms with E-state index in [1.165, 1.54) is 5.39 Å². The van der Waals surface area contributed by atoms with E-state index in [0.717, 1.165) is 26.3 Å². The molecule has 0 fully saturated rings. The van der Waals surface area contributed by atoms with Gasteiger partial charge in [0.25, 0.3) is 0 Å². The van der Waals surface area contributed by atoms with Gasteiger partial charge in [-0.1, -0.05) is 35.9 Å². The molecule has 0 saturated heterocycles. The van der Waals surface area contributed by atoms with Crippen LogP contribution in [0.1, 0.15) is 0 Å². The van der Waals surface area contributed by atoms with Crippen molar-refractivity contribution in [3.63, 3.8) is 0 Å². The number of hydrogen-bond acceptors (Lipinski definition) is 0. The molecule has 0 aliphatic carbocycles. The van der Waals surface area contributed by atoms with Crippen molar-refractivity contribution >= 4 is 38.4 Å². The van der Waals surface area contributed by atoms with E-state index in [1.54, 1.807) is 0 Å². The molecular weight excluding hydrogens is 298 g/mol. The lowest BCUT2D eigenvalue weighted by Gasteiger charge is -2.00. The smallest absolute Gasteiger partial charge is 0.0554 e. The highest BCUT2D eigenvalue weighted by Crippen LogP contribution is 2.30. The van der Waals surface area contributed by atoms with Crippen LogP contribution in [0.4, 0.5) is 0 Å². The van der Waals surface area contributed by atoms with Crippen LogP contribution < -0.4 is 0 Å². The number of hydrogen-bond donors (Lipinski definition) is 1. The Bertz CT molecular complexity index is 655. The highest BCUT2D eigenvalue weighted by atomic mass is 79.9. The Hall–Kier alpha value is -1.25. The van der Waals surface area contributed by atoms with Crippen molar-refractivity contribution in [1.29, 1.82) is 0 Å². The first kappa shape index (κ1) is 10.9. The van der Waals surface area contributed by atoms with E-state index in [2.05, 4.69) is 39.1 Å². The van der Waals surface area contributed by atoms with Gasteiger partial charge in [-0.2, -0.15) is 0 Å². The zero-order valence-electron chi connectivity index (χ0n) is 8.87. The molecule has 1 aromatic heterocycles. The minimum Gasteiger partial charge on any atom is -0.355 e. The van der Waals surface area contributed by atoms with E-state index >= 15 is 0 Å². The minimum absolute atomic E-state index is 0.723. The van der Waals surface area contributed by atoms with Gasteiger partial charge in [0.05, 0.1) is 5.02 Å². The highest BCUT2D eigenvalue weighted by molar-refractivity contribution is 9.10. The van der Waals surface area contributed by atoms with Crippen LogP contribution in [0.5, 0.6) is 0 Å². The molecule has 0 spiro atoms. The zero-order chi connectivity index (χ0) is 11.8. The fourth-order valence-corrected chi connectivity index (χ4v) is 2.32. The molecule has 0 aliphatic heterocycles. The summed E-state index contributed by atoms with van der Waals surface area (Å²) in [7, 11) is 0. The lowest BCUT2D eigenvalue weighted by molar-refractivity contribution is 1.45. The average Bonchev–Trinajstić information content (AvgIpc) is 2.76. The molecule has 0 amide bonds.